The van der Waals surface area contributed by atoms with E-state index in [-0.39, 0.29) is 49.7 Å². The lowest BCUT2D eigenvalue weighted by molar-refractivity contribution is -0.144. The molecule has 1 heterocycles. The quantitative estimate of drug-likeness (QED) is 0.0404. The lowest BCUT2D eigenvalue weighted by Crippen LogP contribution is -2.58. The molecule has 14 N–H and O–H groups in total. The fourth-order valence-electron chi connectivity index (χ4n) is 7.29. The molecule has 1 aromatic rings. The van der Waals surface area contributed by atoms with E-state index in [1.54, 1.807) is 34.0 Å². The Balaban J connectivity index is 2.67. The number of aliphatic hydroxyl groups is 1. The number of nitrogens with one attached hydrogen (secondary N) is 7. The summed E-state index contributed by atoms with van der Waals surface area (Å²) in [5.74, 6) is -11.4. The second-order valence-electron chi connectivity index (χ2n) is 17.8. The molecule has 1 fully saturated rings. The summed E-state index contributed by atoms with van der Waals surface area (Å²) in [7, 11) is 1.60. The first-order valence-electron chi connectivity index (χ1n) is 23.1. The molecule has 1 aliphatic rings. The third kappa shape index (κ3) is 21.2. The van der Waals surface area contributed by atoms with Crippen LogP contribution in [0.15, 0.2) is 59.1 Å². The van der Waals surface area contributed by atoms with Crippen molar-refractivity contribution in [2.24, 2.45) is 34.2 Å². The summed E-state index contributed by atoms with van der Waals surface area (Å²) in [5, 5.41) is 47.2. The number of carbonyl (C=O) groups excluding carboxylic acids is 7. The molecule has 1 aliphatic heterocycles. The van der Waals surface area contributed by atoms with Crippen LogP contribution >= 0.6 is 0 Å². The van der Waals surface area contributed by atoms with Crippen LogP contribution < -0.4 is 48.7 Å². The van der Waals surface area contributed by atoms with Gasteiger partial charge in [-0.25, -0.2) is 9.59 Å². The van der Waals surface area contributed by atoms with Crippen LogP contribution in [0.4, 0.5) is 0 Å². The highest BCUT2D eigenvalue weighted by molar-refractivity contribution is 5.96. The second-order valence-corrected chi connectivity index (χ2v) is 17.8. The fraction of sp³-hybridized carbons (Fsp3) is 0.574. The molecule has 0 aliphatic carbocycles. The molecular formula is C47H72N10O13. The van der Waals surface area contributed by atoms with Gasteiger partial charge in [-0.3, -0.25) is 38.6 Å². The summed E-state index contributed by atoms with van der Waals surface area (Å²) in [6.45, 7) is 8.95. The van der Waals surface area contributed by atoms with Gasteiger partial charge in [-0.2, -0.15) is 0 Å². The van der Waals surface area contributed by atoms with E-state index < -0.39 is 127 Å². The molecule has 7 amide bonds. The number of aliphatic hydroxyl groups excluding tert-OH is 1. The highest BCUT2D eigenvalue weighted by Gasteiger charge is 2.34. The molecule has 23 heteroatoms. The van der Waals surface area contributed by atoms with E-state index in [1.165, 1.54) is 19.9 Å². The first-order chi connectivity index (χ1) is 32.9. The lowest BCUT2D eigenvalue weighted by atomic mass is 9.94. The molecular weight excluding hydrogens is 913 g/mol. The predicted octanol–water partition coefficient (Wildman–Crippen LogP) is -1.12. The van der Waals surface area contributed by atoms with Gasteiger partial charge in [-0.15, -0.1) is 0 Å². The van der Waals surface area contributed by atoms with Crippen LogP contribution in [0.2, 0.25) is 0 Å². The Kier molecular flexibility index (Phi) is 25.3. The van der Waals surface area contributed by atoms with Crippen molar-refractivity contribution in [3.8, 4) is 0 Å². The first kappa shape index (κ1) is 59.2. The van der Waals surface area contributed by atoms with Crippen LogP contribution in [0.3, 0.4) is 0 Å². The molecule has 0 saturated carbocycles. The number of ether oxygens (including phenoxy) is 1. The predicted molar refractivity (Wildman–Crippen MR) is 257 cm³/mol. The summed E-state index contributed by atoms with van der Waals surface area (Å²) in [4.78, 5) is 124. The third-order valence-electron chi connectivity index (χ3n) is 11.3. The fourth-order valence-corrected chi connectivity index (χ4v) is 7.29. The van der Waals surface area contributed by atoms with Crippen molar-refractivity contribution in [1.29, 1.82) is 0 Å². The minimum atomic E-state index is -1.87. The SMILES string of the molecule is CO[C@@H](Cc1ccccc1)[C@@H](C)/C=C(C)/C=C/C1NC(=O)C(CCCN=C(N)N)NC(=O)C[C@H](C(=O)O)NC(=O)C(CC(C)C)NC(=O)[C@@H](C)NC(=O)[C@H](CO)NC(=O)CCC(C(=O)O)NC(=O)[C@H]1C. The smallest absolute Gasteiger partial charge is 0.326 e. The number of methoxy groups -OCH3 is 1. The molecule has 0 aromatic heterocycles. The Morgan fingerprint density at radius 3 is 1.97 bits per heavy atom. The largest absolute Gasteiger partial charge is 0.480 e. The monoisotopic (exact) mass is 985 g/mol. The molecule has 0 radical (unpaired) electrons. The van der Waals surface area contributed by atoms with E-state index in [9.17, 15) is 58.5 Å². The summed E-state index contributed by atoms with van der Waals surface area (Å²) < 4.78 is 5.80. The summed E-state index contributed by atoms with van der Waals surface area (Å²) in [6.07, 6.45) is 3.57. The van der Waals surface area contributed by atoms with Crippen molar-refractivity contribution in [3.05, 3.63) is 59.7 Å². The molecule has 1 aromatic carbocycles. The van der Waals surface area contributed by atoms with Crippen molar-refractivity contribution in [1.82, 2.24) is 37.2 Å². The van der Waals surface area contributed by atoms with Gasteiger partial charge in [-0.05, 0) is 57.4 Å². The van der Waals surface area contributed by atoms with Crippen molar-refractivity contribution in [2.45, 2.75) is 135 Å². The van der Waals surface area contributed by atoms with Gasteiger partial charge in [0.25, 0.3) is 0 Å². The number of guanidine groups is 1. The van der Waals surface area contributed by atoms with Gasteiger partial charge in [0.05, 0.1) is 31.1 Å². The van der Waals surface area contributed by atoms with Crippen molar-refractivity contribution in [2.75, 3.05) is 20.3 Å². The first-order valence-corrected chi connectivity index (χ1v) is 23.1. The van der Waals surface area contributed by atoms with E-state index in [1.807, 2.05) is 43.3 Å². The molecule has 10 atom stereocenters. The summed E-state index contributed by atoms with van der Waals surface area (Å²) in [5.41, 5.74) is 12.7. The number of nitrogens with two attached hydrogens (primary N) is 2. The number of nitrogens with zero attached hydrogens (tertiary/aromatic N) is 1. The number of rotatable bonds is 16. The average molecular weight is 985 g/mol. The Labute approximate surface area is 407 Å². The van der Waals surface area contributed by atoms with Gasteiger partial charge in [0.1, 0.15) is 36.3 Å². The van der Waals surface area contributed by atoms with Crippen molar-refractivity contribution in [3.63, 3.8) is 0 Å². The summed E-state index contributed by atoms with van der Waals surface area (Å²) in [6, 6.07) is -0.719. The van der Waals surface area contributed by atoms with Gasteiger partial charge in [0.2, 0.25) is 41.4 Å². The van der Waals surface area contributed by atoms with E-state index in [0.29, 0.717) is 12.0 Å². The topological polar surface area (TPSA) is 372 Å². The molecule has 0 spiro atoms. The van der Waals surface area contributed by atoms with Crippen LogP contribution in [-0.4, -0.2) is 143 Å². The van der Waals surface area contributed by atoms with Gasteiger partial charge in [0, 0.05) is 26.0 Å². The molecule has 388 valence electrons. The zero-order chi connectivity index (χ0) is 52.7. The van der Waals surface area contributed by atoms with Crippen molar-refractivity contribution < 1.29 is 63.2 Å². The minimum Gasteiger partial charge on any atom is -0.480 e. The number of hydrogen-bond acceptors (Lipinski definition) is 12. The van der Waals surface area contributed by atoms with Gasteiger partial charge in [0.15, 0.2) is 5.96 Å². The lowest BCUT2D eigenvalue weighted by Gasteiger charge is -2.27. The van der Waals surface area contributed by atoms with Gasteiger partial charge < -0.3 is 68.7 Å². The number of benzene rings is 1. The maximum absolute atomic E-state index is 14.2. The highest BCUT2D eigenvalue weighted by Crippen LogP contribution is 2.18. The standard InChI is InChI=1S/C47H72N10O13/c1-25(2)20-34-43(64)57-35(46(68)69)23-39(60)52-32(14-11-19-50-47(48)49)42(63)54-31(16-15-26(3)21-27(4)37(70-7)22-30-12-9-8-10-13-30)28(5)40(61)55-33(45(66)67)17-18-38(59)53-36(24-58)44(65)51-29(6)41(62)56-34/h8-10,12-13,15-16,21,25,27-29,31-37,58H,11,14,17-20,22-24H2,1-7H3,(H,51,65)(H,52,60)(H,53,59)(H,54,63)(H,55,61)(H,56,62)(H,57,64)(H,66,67)(H,68,69)(H4,48,49,50)/b16-15+,26-21+/t27-,28-,29+,31?,32?,33?,34?,35+,36-,37-/m0/s1. The Morgan fingerprint density at radius 1 is 0.786 bits per heavy atom. The molecule has 70 heavy (non-hydrogen) atoms. The molecule has 4 unspecified atom stereocenters. The zero-order valence-corrected chi connectivity index (χ0v) is 40.9. The zero-order valence-electron chi connectivity index (χ0n) is 40.9. The van der Waals surface area contributed by atoms with Crippen LogP contribution in [0.1, 0.15) is 85.6 Å². The van der Waals surface area contributed by atoms with Gasteiger partial charge in [-0.1, -0.05) is 81.8 Å². The number of hydrogen-bond donors (Lipinski definition) is 12. The normalized spacial score (nSPS) is 25.3. The van der Waals surface area contributed by atoms with Gasteiger partial charge >= 0.3 is 11.9 Å². The molecule has 2 rings (SSSR count). The van der Waals surface area contributed by atoms with Crippen LogP contribution in [0.5, 0.6) is 0 Å². The van der Waals surface area contributed by atoms with Crippen LogP contribution in [-0.2, 0) is 54.3 Å². The van der Waals surface area contributed by atoms with E-state index in [2.05, 4.69) is 42.2 Å². The number of carbonyl (C=O) groups is 9. The third-order valence-corrected chi connectivity index (χ3v) is 11.3. The maximum Gasteiger partial charge on any atom is 0.326 e. The Morgan fingerprint density at radius 2 is 1.39 bits per heavy atom. The number of amides is 7. The van der Waals surface area contributed by atoms with Crippen molar-refractivity contribution >= 4 is 59.2 Å². The average Bonchev–Trinajstić information content (AvgIpc) is 3.29. The highest BCUT2D eigenvalue weighted by atomic mass is 16.5. The number of aliphatic imine (C=N–C) groups is 1. The van der Waals surface area contributed by atoms with Crippen LogP contribution in [0, 0.1) is 17.8 Å². The van der Waals surface area contributed by atoms with E-state index in [0.717, 1.165) is 5.56 Å². The van der Waals surface area contributed by atoms with Crippen LogP contribution in [0.25, 0.3) is 0 Å². The minimum absolute atomic E-state index is 0.0108. The van der Waals surface area contributed by atoms with E-state index in [4.69, 9.17) is 16.2 Å². The summed E-state index contributed by atoms with van der Waals surface area (Å²) >= 11 is 0. The second kappa shape index (κ2) is 29.9. The molecule has 23 nitrogen and oxygen atoms in total. The number of aliphatic carboxylic acids is 2. The number of carboxylic acid groups (broad SMARTS) is 2. The van der Waals surface area contributed by atoms with E-state index >= 15 is 0 Å². The Hall–Kier alpha value is -6.88. The number of allylic oxidation sites excluding steroid dienone is 2. The Bertz CT molecular complexity index is 2060. The molecule has 0 bridgehead atoms. The maximum atomic E-state index is 14.2. The molecule has 1 saturated heterocycles. The number of carboxylic acids is 2.